The maximum atomic E-state index is 12.4. The summed E-state index contributed by atoms with van der Waals surface area (Å²) >= 11 is 0. The molecular formula is C21H19N5O3. The number of nitrogens with one attached hydrogen (secondary N) is 2. The molecule has 0 atom stereocenters. The first kappa shape index (κ1) is 19.6. The van der Waals surface area contributed by atoms with Crippen LogP contribution in [-0.4, -0.2) is 35.3 Å². The normalized spacial score (nSPS) is 10.9. The van der Waals surface area contributed by atoms with Gasteiger partial charge < -0.3 is 14.8 Å². The number of ether oxygens (including phenoxy) is 2. The molecule has 8 nitrogen and oxygen atoms in total. The molecule has 2 aromatic heterocycles. The second kappa shape index (κ2) is 9.19. The second-order valence-electron chi connectivity index (χ2n) is 5.98. The molecule has 0 bridgehead atoms. The monoisotopic (exact) mass is 389 g/mol. The van der Waals surface area contributed by atoms with Crippen LogP contribution in [0.15, 0.2) is 54.5 Å². The Morgan fingerprint density at radius 3 is 2.76 bits per heavy atom. The van der Waals surface area contributed by atoms with Gasteiger partial charge in [-0.25, -0.2) is 0 Å². The smallest absolute Gasteiger partial charge is 0.262 e. The Bertz CT molecular complexity index is 1070. The van der Waals surface area contributed by atoms with Gasteiger partial charge in [-0.05, 0) is 35.9 Å². The van der Waals surface area contributed by atoms with Crippen molar-refractivity contribution in [2.75, 3.05) is 14.2 Å². The highest BCUT2D eigenvalue weighted by Gasteiger charge is 2.14. The predicted molar refractivity (Wildman–Crippen MR) is 107 cm³/mol. The van der Waals surface area contributed by atoms with E-state index in [-0.39, 0.29) is 12.1 Å². The van der Waals surface area contributed by atoms with Gasteiger partial charge in [-0.2, -0.15) is 10.4 Å². The number of methoxy groups -OCH3 is 2. The SMILES string of the molecule is COc1ccc(-c2[nH]ncc2C=C(C#N)C(=O)NCc2cccnc2)cc1OC. The molecule has 8 heteroatoms. The van der Waals surface area contributed by atoms with E-state index in [1.807, 2.05) is 18.2 Å². The summed E-state index contributed by atoms with van der Waals surface area (Å²) < 4.78 is 10.6. The van der Waals surface area contributed by atoms with Crippen LogP contribution in [0.2, 0.25) is 0 Å². The number of hydrogen-bond acceptors (Lipinski definition) is 6. The van der Waals surface area contributed by atoms with Crippen molar-refractivity contribution in [1.82, 2.24) is 20.5 Å². The second-order valence-corrected chi connectivity index (χ2v) is 5.98. The van der Waals surface area contributed by atoms with Crippen LogP contribution in [0.4, 0.5) is 0 Å². The summed E-state index contributed by atoms with van der Waals surface area (Å²) in [6.45, 7) is 0.277. The van der Waals surface area contributed by atoms with Crippen LogP contribution in [-0.2, 0) is 11.3 Å². The molecule has 0 saturated heterocycles. The van der Waals surface area contributed by atoms with Crippen molar-refractivity contribution >= 4 is 12.0 Å². The van der Waals surface area contributed by atoms with E-state index in [2.05, 4.69) is 20.5 Å². The van der Waals surface area contributed by atoms with Crippen molar-refractivity contribution < 1.29 is 14.3 Å². The van der Waals surface area contributed by atoms with Crippen molar-refractivity contribution in [1.29, 1.82) is 5.26 Å². The Morgan fingerprint density at radius 1 is 1.24 bits per heavy atom. The van der Waals surface area contributed by atoms with E-state index < -0.39 is 5.91 Å². The fourth-order valence-corrected chi connectivity index (χ4v) is 2.71. The summed E-state index contributed by atoms with van der Waals surface area (Å²) in [4.78, 5) is 16.4. The molecule has 2 heterocycles. The zero-order valence-electron chi connectivity index (χ0n) is 16.0. The number of nitriles is 1. The quantitative estimate of drug-likeness (QED) is 0.474. The van der Waals surface area contributed by atoms with Gasteiger partial charge in [-0.15, -0.1) is 0 Å². The molecule has 0 unspecified atom stereocenters. The van der Waals surface area contributed by atoms with Crippen LogP contribution in [0.3, 0.4) is 0 Å². The average Bonchev–Trinajstić information content (AvgIpc) is 3.24. The molecule has 0 aliphatic heterocycles. The number of carbonyl (C=O) groups is 1. The standard InChI is InChI=1S/C21H19N5O3/c1-28-18-6-5-15(9-19(18)29-2)20-17(13-25-26-20)8-16(10-22)21(27)24-12-14-4-3-7-23-11-14/h3-9,11,13H,12H2,1-2H3,(H,24,27)(H,25,26). The molecular weight excluding hydrogens is 370 g/mol. The lowest BCUT2D eigenvalue weighted by Gasteiger charge is -2.09. The molecule has 2 N–H and O–H groups in total. The van der Waals surface area contributed by atoms with Gasteiger partial charge in [0.05, 0.1) is 26.1 Å². The lowest BCUT2D eigenvalue weighted by atomic mass is 10.1. The number of aromatic amines is 1. The molecule has 0 radical (unpaired) electrons. The van der Waals surface area contributed by atoms with E-state index in [9.17, 15) is 10.1 Å². The van der Waals surface area contributed by atoms with Gasteiger partial charge in [0.2, 0.25) is 0 Å². The molecule has 0 fully saturated rings. The highest BCUT2D eigenvalue weighted by Crippen LogP contribution is 2.33. The van der Waals surface area contributed by atoms with E-state index in [0.717, 1.165) is 11.1 Å². The Hall–Kier alpha value is -4.12. The number of hydrogen-bond donors (Lipinski definition) is 2. The number of amides is 1. The number of nitrogens with zero attached hydrogens (tertiary/aromatic N) is 3. The van der Waals surface area contributed by atoms with Crippen molar-refractivity contribution in [2.24, 2.45) is 0 Å². The van der Waals surface area contributed by atoms with Crippen LogP contribution in [0.1, 0.15) is 11.1 Å². The number of pyridine rings is 1. The van der Waals surface area contributed by atoms with E-state index in [1.165, 1.54) is 6.08 Å². The number of H-pyrrole nitrogens is 1. The van der Waals surface area contributed by atoms with Gasteiger partial charge in [0.1, 0.15) is 11.6 Å². The van der Waals surface area contributed by atoms with Crippen molar-refractivity contribution in [3.63, 3.8) is 0 Å². The first-order valence-electron chi connectivity index (χ1n) is 8.71. The Morgan fingerprint density at radius 2 is 2.07 bits per heavy atom. The summed E-state index contributed by atoms with van der Waals surface area (Å²) in [5, 5.41) is 19.1. The van der Waals surface area contributed by atoms with Crippen molar-refractivity contribution in [2.45, 2.75) is 6.54 Å². The van der Waals surface area contributed by atoms with E-state index in [0.29, 0.717) is 22.8 Å². The van der Waals surface area contributed by atoms with E-state index >= 15 is 0 Å². The predicted octanol–water partition coefficient (Wildman–Crippen LogP) is 2.71. The van der Waals surface area contributed by atoms with Crippen LogP contribution in [0, 0.1) is 11.3 Å². The summed E-state index contributed by atoms with van der Waals surface area (Å²) in [6.07, 6.45) is 6.35. The fraction of sp³-hybridized carbons (Fsp3) is 0.143. The molecule has 0 spiro atoms. The Labute approximate surface area is 167 Å². The lowest BCUT2D eigenvalue weighted by Crippen LogP contribution is -2.24. The lowest BCUT2D eigenvalue weighted by molar-refractivity contribution is -0.117. The largest absolute Gasteiger partial charge is 0.493 e. The van der Waals surface area contributed by atoms with Crippen LogP contribution < -0.4 is 14.8 Å². The molecule has 1 amide bonds. The van der Waals surface area contributed by atoms with Crippen LogP contribution in [0.25, 0.3) is 17.3 Å². The third-order valence-corrected chi connectivity index (χ3v) is 4.18. The topological polar surface area (TPSA) is 113 Å². The van der Waals surface area contributed by atoms with Gasteiger partial charge in [0.25, 0.3) is 5.91 Å². The first-order valence-corrected chi connectivity index (χ1v) is 8.71. The molecule has 3 rings (SSSR count). The minimum Gasteiger partial charge on any atom is -0.493 e. The summed E-state index contributed by atoms with van der Waals surface area (Å²) in [5.41, 5.74) is 2.84. The molecule has 146 valence electrons. The first-order chi connectivity index (χ1) is 14.2. The molecule has 3 aromatic rings. The van der Waals surface area contributed by atoms with Gasteiger partial charge in [-0.1, -0.05) is 6.07 Å². The zero-order valence-corrected chi connectivity index (χ0v) is 16.0. The van der Waals surface area contributed by atoms with Gasteiger partial charge in [0, 0.05) is 30.1 Å². The maximum Gasteiger partial charge on any atom is 0.262 e. The van der Waals surface area contributed by atoms with Gasteiger partial charge in [-0.3, -0.25) is 14.9 Å². The van der Waals surface area contributed by atoms with E-state index in [1.54, 1.807) is 51.0 Å². The minimum atomic E-state index is -0.476. The molecule has 1 aromatic carbocycles. The maximum absolute atomic E-state index is 12.4. The minimum absolute atomic E-state index is 0.0305. The summed E-state index contributed by atoms with van der Waals surface area (Å²) in [5.74, 6) is 0.681. The van der Waals surface area contributed by atoms with E-state index in [4.69, 9.17) is 9.47 Å². The third-order valence-electron chi connectivity index (χ3n) is 4.18. The zero-order chi connectivity index (χ0) is 20.6. The molecule has 29 heavy (non-hydrogen) atoms. The number of benzene rings is 1. The number of carbonyl (C=O) groups excluding carboxylic acids is 1. The number of aromatic nitrogens is 3. The van der Waals surface area contributed by atoms with Crippen LogP contribution >= 0.6 is 0 Å². The van der Waals surface area contributed by atoms with Crippen molar-refractivity contribution in [3.05, 3.63) is 65.6 Å². The van der Waals surface area contributed by atoms with Gasteiger partial charge in [0.15, 0.2) is 11.5 Å². The summed E-state index contributed by atoms with van der Waals surface area (Å²) in [6, 6.07) is 11.0. The highest BCUT2D eigenvalue weighted by atomic mass is 16.5. The van der Waals surface area contributed by atoms with Crippen LogP contribution in [0.5, 0.6) is 11.5 Å². The molecule has 0 aliphatic carbocycles. The number of rotatable bonds is 7. The molecule has 0 saturated carbocycles. The third kappa shape index (κ3) is 4.59. The van der Waals surface area contributed by atoms with Gasteiger partial charge >= 0.3 is 0 Å². The Balaban J connectivity index is 1.84. The fourth-order valence-electron chi connectivity index (χ4n) is 2.71. The highest BCUT2D eigenvalue weighted by molar-refractivity contribution is 6.02. The average molecular weight is 389 g/mol. The summed E-state index contributed by atoms with van der Waals surface area (Å²) in [7, 11) is 3.11. The Kier molecular flexibility index (Phi) is 6.22. The molecule has 0 aliphatic rings. The van der Waals surface area contributed by atoms with Crippen molar-refractivity contribution in [3.8, 4) is 28.8 Å².